The maximum Gasteiger partial charge on any atom is 0.0753 e. The summed E-state index contributed by atoms with van der Waals surface area (Å²) in [7, 11) is 0. The van der Waals surface area contributed by atoms with E-state index in [-0.39, 0.29) is 6.04 Å². The van der Waals surface area contributed by atoms with E-state index in [0.717, 1.165) is 18.5 Å². The molecule has 1 heterocycles. The Bertz CT molecular complexity index is 244. The lowest BCUT2D eigenvalue weighted by Gasteiger charge is -2.20. The highest BCUT2D eigenvalue weighted by molar-refractivity contribution is 5.00. The first-order valence-electron chi connectivity index (χ1n) is 5.29. The van der Waals surface area contributed by atoms with E-state index in [4.69, 9.17) is 0 Å². The molecule has 0 aliphatic heterocycles. The second-order valence-electron chi connectivity index (χ2n) is 3.53. The van der Waals surface area contributed by atoms with Crippen LogP contribution < -0.4 is 5.32 Å². The molecule has 0 radical (unpaired) electrons. The first-order valence-corrected chi connectivity index (χ1v) is 5.29. The normalized spacial score (nSPS) is 13.1. The van der Waals surface area contributed by atoms with E-state index in [1.165, 1.54) is 0 Å². The Morgan fingerprint density at radius 2 is 2.00 bits per heavy atom. The summed E-state index contributed by atoms with van der Waals surface area (Å²) in [5, 5.41) is 3.53. The van der Waals surface area contributed by atoms with Crippen molar-refractivity contribution in [2.45, 2.75) is 45.7 Å². The van der Waals surface area contributed by atoms with Crippen molar-refractivity contribution < 1.29 is 0 Å². The van der Waals surface area contributed by atoms with Gasteiger partial charge in [-0.25, -0.2) is 0 Å². The molecule has 78 valence electrons. The second kappa shape index (κ2) is 5.70. The number of nitrogens with zero attached hydrogens (tertiary/aromatic N) is 2. The average molecular weight is 193 g/mol. The van der Waals surface area contributed by atoms with Gasteiger partial charge in [-0.15, -0.1) is 0 Å². The van der Waals surface area contributed by atoms with Crippen LogP contribution in [0.4, 0.5) is 0 Å². The van der Waals surface area contributed by atoms with Crippen LogP contribution in [-0.2, 0) is 0 Å². The average Bonchev–Trinajstić information content (AvgIpc) is 2.26. The third-order valence-electron chi connectivity index (χ3n) is 2.50. The van der Waals surface area contributed by atoms with Crippen LogP contribution in [0, 0.1) is 0 Å². The predicted octanol–water partition coefficient (Wildman–Crippen LogP) is 2.32. The van der Waals surface area contributed by atoms with Crippen molar-refractivity contribution in [3.8, 4) is 0 Å². The molecule has 0 aliphatic rings. The van der Waals surface area contributed by atoms with Crippen LogP contribution in [0.1, 0.15) is 45.3 Å². The monoisotopic (exact) mass is 193 g/mol. The van der Waals surface area contributed by atoms with E-state index in [1.807, 2.05) is 6.20 Å². The van der Waals surface area contributed by atoms with Gasteiger partial charge in [0.1, 0.15) is 0 Å². The molecule has 0 amide bonds. The maximum atomic E-state index is 4.28. The summed E-state index contributed by atoms with van der Waals surface area (Å²) in [5.41, 5.74) is 1.01. The highest BCUT2D eigenvalue weighted by Crippen LogP contribution is 2.10. The Labute approximate surface area is 86.0 Å². The van der Waals surface area contributed by atoms with Gasteiger partial charge in [-0.1, -0.05) is 13.8 Å². The molecule has 0 bridgehead atoms. The minimum atomic E-state index is 0.286. The number of hydrogen-bond donors (Lipinski definition) is 1. The van der Waals surface area contributed by atoms with Gasteiger partial charge in [-0.05, 0) is 19.8 Å². The fourth-order valence-corrected chi connectivity index (χ4v) is 1.50. The fourth-order valence-electron chi connectivity index (χ4n) is 1.50. The predicted molar refractivity (Wildman–Crippen MR) is 58.0 cm³/mol. The standard InChI is InChI=1S/C11H19N3/c1-4-10(5-2)14-9(3)11-8-12-6-7-13-11/h6-10,14H,4-5H2,1-3H3. The van der Waals surface area contributed by atoms with Crippen molar-refractivity contribution in [3.63, 3.8) is 0 Å². The zero-order chi connectivity index (χ0) is 10.4. The summed E-state index contributed by atoms with van der Waals surface area (Å²) in [4.78, 5) is 8.34. The Morgan fingerprint density at radius 1 is 1.29 bits per heavy atom. The zero-order valence-electron chi connectivity index (χ0n) is 9.20. The molecule has 0 aliphatic carbocycles. The lowest BCUT2D eigenvalue weighted by molar-refractivity contribution is 0.426. The van der Waals surface area contributed by atoms with Crippen molar-refractivity contribution in [3.05, 3.63) is 24.3 Å². The first kappa shape index (κ1) is 11.1. The molecule has 0 saturated carbocycles. The van der Waals surface area contributed by atoms with Crippen LogP contribution >= 0.6 is 0 Å². The van der Waals surface area contributed by atoms with Crippen molar-refractivity contribution in [1.29, 1.82) is 0 Å². The van der Waals surface area contributed by atoms with Crippen LogP contribution in [0.2, 0.25) is 0 Å². The van der Waals surface area contributed by atoms with Gasteiger partial charge in [-0.2, -0.15) is 0 Å². The number of nitrogens with one attached hydrogen (secondary N) is 1. The smallest absolute Gasteiger partial charge is 0.0753 e. The van der Waals surface area contributed by atoms with Gasteiger partial charge in [0.15, 0.2) is 0 Å². The quantitative estimate of drug-likeness (QED) is 0.779. The van der Waals surface area contributed by atoms with E-state index in [0.29, 0.717) is 6.04 Å². The molecular formula is C11H19N3. The van der Waals surface area contributed by atoms with Gasteiger partial charge >= 0.3 is 0 Å². The van der Waals surface area contributed by atoms with Gasteiger partial charge in [0.2, 0.25) is 0 Å². The molecule has 1 atom stereocenters. The summed E-state index contributed by atoms with van der Waals surface area (Å²) in [6, 6.07) is 0.862. The first-order chi connectivity index (χ1) is 6.77. The van der Waals surface area contributed by atoms with Gasteiger partial charge < -0.3 is 5.32 Å². The summed E-state index contributed by atoms with van der Waals surface area (Å²) >= 11 is 0. The Kier molecular flexibility index (Phi) is 4.53. The molecule has 0 spiro atoms. The van der Waals surface area contributed by atoms with Crippen molar-refractivity contribution >= 4 is 0 Å². The molecule has 3 heteroatoms. The third kappa shape index (κ3) is 3.07. The third-order valence-corrected chi connectivity index (χ3v) is 2.50. The van der Waals surface area contributed by atoms with E-state index in [2.05, 4.69) is 36.1 Å². The molecule has 1 aromatic rings. The van der Waals surface area contributed by atoms with Crippen LogP contribution in [0.3, 0.4) is 0 Å². The SMILES string of the molecule is CCC(CC)NC(C)c1cnccn1. The molecule has 1 unspecified atom stereocenters. The largest absolute Gasteiger partial charge is 0.306 e. The summed E-state index contributed by atoms with van der Waals surface area (Å²) < 4.78 is 0. The van der Waals surface area contributed by atoms with Crippen LogP contribution in [0.25, 0.3) is 0 Å². The molecule has 3 nitrogen and oxygen atoms in total. The Hall–Kier alpha value is -0.960. The molecule has 1 aromatic heterocycles. The van der Waals surface area contributed by atoms with Crippen molar-refractivity contribution in [2.24, 2.45) is 0 Å². The van der Waals surface area contributed by atoms with Gasteiger partial charge in [0.25, 0.3) is 0 Å². The molecule has 0 aromatic carbocycles. The lowest BCUT2D eigenvalue weighted by Crippen LogP contribution is -2.30. The number of rotatable bonds is 5. The van der Waals surface area contributed by atoms with Crippen LogP contribution in [0.5, 0.6) is 0 Å². The minimum Gasteiger partial charge on any atom is -0.306 e. The van der Waals surface area contributed by atoms with E-state index in [1.54, 1.807) is 12.4 Å². The van der Waals surface area contributed by atoms with Crippen molar-refractivity contribution in [1.82, 2.24) is 15.3 Å². The minimum absolute atomic E-state index is 0.286. The zero-order valence-corrected chi connectivity index (χ0v) is 9.20. The van der Waals surface area contributed by atoms with Gasteiger partial charge in [-0.3, -0.25) is 9.97 Å². The molecule has 1 rings (SSSR count). The highest BCUT2D eigenvalue weighted by atomic mass is 15.0. The van der Waals surface area contributed by atoms with Gasteiger partial charge in [0, 0.05) is 30.7 Å². The summed E-state index contributed by atoms with van der Waals surface area (Å²) in [5.74, 6) is 0. The number of aromatic nitrogens is 2. The second-order valence-corrected chi connectivity index (χ2v) is 3.53. The van der Waals surface area contributed by atoms with Crippen LogP contribution in [0.15, 0.2) is 18.6 Å². The molecule has 0 saturated heterocycles. The number of hydrogen-bond acceptors (Lipinski definition) is 3. The molecular weight excluding hydrogens is 174 g/mol. The maximum absolute atomic E-state index is 4.28. The van der Waals surface area contributed by atoms with Gasteiger partial charge in [0.05, 0.1) is 5.69 Å². The Balaban J connectivity index is 2.54. The molecule has 14 heavy (non-hydrogen) atoms. The summed E-state index contributed by atoms with van der Waals surface area (Å²) in [6.45, 7) is 6.53. The topological polar surface area (TPSA) is 37.8 Å². The van der Waals surface area contributed by atoms with E-state index in [9.17, 15) is 0 Å². The highest BCUT2D eigenvalue weighted by Gasteiger charge is 2.10. The van der Waals surface area contributed by atoms with E-state index >= 15 is 0 Å². The summed E-state index contributed by atoms with van der Waals surface area (Å²) in [6.07, 6.45) is 7.57. The molecule has 1 N–H and O–H groups in total. The van der Waals surface area contributed by atoms with E-state index < -0.39 is 0 Å². The Morgan fingerprint density at radius 3 is 2.50 bits per heavy atom. The lowest BCUT2D eigenvalue weighted by atomic mass is 10.1. The van der Waals surface area contributed by atoms with Crippen molar-refractivity contribution in [2.75, 3.05) is 0 Å². The fraction of sp³-hybridized carbons (Fsp3) is 0.636. The molecule has 0 fully saturated rings. The van der Waals surface area contributed by atoms with Crippen LogP contribution in [-0.4, -0.2) is 16.0 Å².